The average molecular weight is 431 g/mol. The van der Waals surface area contributed by atoms with Crippen LogP contribution in [0.4, 0.5) is 5.82 Å². The van der Waals surface area contributed by atoms with Crippen molar-refractivity contribution in [3.05, 3.63) is 80.9 Å². The maximum atomic E-state index is 13.1. The first kappa shape index (κ1) is 20.4. The molecule has 1 aliphatic carbocycles. The summed E-state index contributed by atoms with van der Waals surface area (Å²) in [5.74, 6) is 0.741. The van der Waals surface area contributed by atoms with Gasteiger partial charge in [-0.15, -0.1) is 5.10 Å². The Morgan fingerprint density at radius 3 is 2.53 bits per heavy atom. The summed E-state index contributed by atoms with van der Waals surface area (Å²) in [4.78, 5) is 29.3. The number of hydrogen-bond acceptors (Lipinski definition) is 6. The standard InChI is InChI=1S/C24H26N6O2/c1-17-5-7-18(8-6-17)16-30-23(31)10-9-21(27-30)24(32)29-13-11-28(12-14-29)22-15-19-3-2-4-20(19)25-26-22/h5-10,15H,2-4,11-14,16H2,1H3. The highest BCUT2D eigenvalue weighted by Gasteiger charge is 2.25. The average Bonchev–Trinajstić information content (AvgIpc) is 3.29. The topological polar surface area (TPSA) is 84.2 Å². The van der Waals surface area contributed by atoms with Crippen molar-refractivity contribution in [3.8, 4) is 0 Å². The van der Waals surface area contributed by atoms with Gasteiger partial charge in [-0.1, -0.05) is 29.8 Å². The zero-order valence-corrected chi connectivity index (χ0v) is 18.2. The maximum absolute atomic E-state index is 13.1. The first-order chi connectivity index (χ1) is 15.6. The zero-order chi connectivity index (χ0) is 22.1. The van der Waals surface area contributed by atoms with Crippen molar-refractivity contribution in [2.45, 2.75) is 32.7 Å². The maximum Gasteiger partial charge on any atom is 0.274 e. The molecule has 0 atom stereocenters. The molecule has 0 saturated carbocycles. The minimum Gasteiger partial charge on any atom is -0.352 e. The van der Waals surface area contributed by atoms with E-state index in [-0.39, 0.29) is 11.5 Å². The van der Waals surface area contributed by atoms with Crippen molar-refractivity contribution in [1.82, 2.24) is 24.9 Å². The van der Waals surface area contributed by atoms with Crippen LogP contribution in [0.3, 0.4) is 0 Å². The number of carbonyl (C=O) groups excluding carboxylic acids is 1. The fourth-order valence-corrected chi connectivity index (χ4v) is 4.31. The third-order valence-electron chi connectivity index (χ3n) is 6.24. The largest absolute Gasteiger partial charge is 0.352 e. The molecule has 0 unspecified atom stereocenters. The molecule has 8 heteroatoms. The first-order valence-electron chi connectivity index (χ1n) is 11.1. The molecule has 2 aliphatic rings. The van der Waals surface area contributed by atoms with E-state index in [1.807, 2.05) is 31.2 Å². The minimum absolute atomic E-state index is 0.151. The molecule has 0 radical (unpaired) electrons. The van der Waals surface area contributed by atoms with Gasteiger partial charge in [-0.05, 0) is 49.4 Å². The van der Waals surface area contributed by atoms with Crippen LogP contribution in [0.1, 0.15) is 39.3 Å². The summed E-state index contributed by atoms with van der Waals surface area (Å²) in [5, 5.41) is 13.1. The molecule has 1 aromatic carbocycles. The summed E-state index contributed by atoms with van der Waals surface area (Å²) in [5.41, 5.74) is 4.62. The van der Waals surface area contributed by atoms with E-state index in [0.717, 1.165) is 41.9 Å². The number of hydrogen-bond donors (Lipinski definition) is 0. The number of anilines is 1. The molecule has 0 N–H and O–H groups in total. The molecule has 164 valence electrons. The summed E-state index contributed by atoms with van der Waals surface area (Å²) in [6.45, 7) is 4.91. The lowest BCUT2D eigenvalue weighted by Crippen LogP contribution is -2.49. The Bertz CT molecular complexity index is 1200. The van der Waals surface area contributed by atoms with Crippen LogP contribution >= 0.6 is 0 Å². The highest BCUT2D eigenvalue weighted by molar-refractivity contribution is 5.92. The molecule has 3 aromatic rings. The molecule has 5 rings (SSSR count). The summed E-state index contributed by atoms with van der Waals surface area (Å²) < 4.78 is 1.36. The van der Waals surface area contributed by atoms with Gasteiger partial charge in [0.1, 0.15) is 5.69 Å². The molecular weight excluding hydrogens is 404 g/mol. The predicted molar refractivity (Wildman–Crippen MR) is 121 cm³/mol. The minimum atomic E-state index is -0.220. The Morgan fingerprint density at radius 2 is 1.75 bits per heavy atom. The molecule has 0 spiro atoms. The summed E-state index contributed by atoms with van der Waals surface area (Å²) in [6.07, 6.45) is 3.24. The third kappa shape index (κ3) is 4.12. The molecule has 0 bridgehead atoms. The highest BCUT2D eigenvalue weighted by Crippen LogP contribution is 2.23. The molecule has 32 heavy (non-hydrogen) atoms. The van der Waals surface area contributed by atoms with Crippen LogP contribution in [-0.4, -0.2) is 57.0 Å². The Kier molecular flexibility index (Phi) is 5.43. The molecule has 2 aromatic heterocycles. The SMILES string of the molecule is Cc1ccc(Cn2nc(C(=O)N3CCN(c4cc5c(nn4)CCC5)CC3)ccc2=O)cc1. The Morgan fingerprint density at radius 1 is 0.969 bits per heavy atom. The number of aromatic nitrogens is 4. The van der Waals surface area contributed by atoms with Crippen molar-refractivity contribution >= 4 is 11.7 Å². The van der Waals surface area contributed by atoms with E-state index in [9.17, 15) is 9.59 Å². The summed E-state index contributed by atoms with van der Waals surface area (Å²) >= 11 is 0. The number of amides is 1. The second-order valence-electron chi connectivity index (χ2n) is 8.51. The van der Waals surface area contributed by atoms with Gasteiger partial charge in [0, 0.05) is 32.2 Å². The summed E-state index contributed by atoms with van der Waals surface area (Å²) in [6, 6.07) is 13.0. The smallest absolute Gasteiger partial charge is 0.274 e. The van der Waals surface area contributed by atoms with Gasteiger partial charge in [-0.25, -0.2) is 4.68 Å². The lowest BCUT2D eigenvalue weighted by atomic mass is 10.1. The molecule has 1 amide bonds. The van der Waals surface area contributed by atoms with E-state index in [0.29, 0.717) is 38.4 Å². The second kappa shape index (κ2) is 8.53. The number of aryl methyl sites for hydroxylation is 3. The lowest BCUT2D eigenvalue weighted by molar-refractivity contribution is 0.0737. The predicted octanol–water partition coefficient (Wildman–Crippen LogP) is 1.84. The summed E-state index contributed by atoms with van der Waals surface area (Å²) in [7, 11) is 0. The number of benzene rings is 1. The van der Waals surface area contributed by atoms with Gasteiger partial charge in [-0.2, -0.15) is 10.2 Å². The Hall–Kier alpha value is -3.55. The number of piperazine rings is 1. The van der Waals surface area contributed by atoms with Gasteiger partial charge in [0.15, 0.2) is 5.82 Å². The van der Waals surface area contributed by atoms with Gasteiger partial charge >= 0.3 is 0 Å². The number of nitrogens with zero attached hydrogens (tertiary/aromatic N) is 6. The normalized spacial score (nSPS) is 15.7. The quantitative estimate of drug-likeness (QED) is 0.628. The Labute approximate surface area is 186 Å². The van der Waals surface area contributed by atoms with E-state index in [2.05, 4.69) is 26.3 Å². The van der Waals surface area contributed by atoms with Gasteiger partial charge in [0.2, 0.25) is 0 Å². The van der Waals surface area contributed by atoms with Crippen LogP contribution in [0.25, 0.3) is 0 Å². The van der Waals surface area contributed by atoms with Crippen molar-refractivity contribution in [3.63, 3.8) is 0 Å². The van der Waals surface area contributed by atoms with E-state index in [1.54, 1.807) is 4.90 Å². The van der Waals surface area contributed by atoms with Crippen LogP contribution in [-0.2, 0) is 19.4 Å². The van der Waals surface area contributed by atoms with Crippen molar-refractivity contribution in [2.24, 2.45) is 0 Å². The van der Waals surface area contributed by atoms with Crippen molar-refractivity contribution in [2.75, 3.05) is 31.1 Å². The van der Waals surface area contributed by atoms with E-state index in [1.165, 1.54) is 22.4 Å². The molecule has 1 aliphatic heterocycles. The van der Waals surface area contributed by atoms with Crippen LogP contribution in [0.2, 0.25) is 0 Å². The monoisotopic (exact) mass is 430 g/mol. The number of fused-ring (bicyclic) bond motifs is 1. The molecule has 1 saturated heterocycles. The lowest BCUT2D eigenvalue weighted by Gasteiger charge is -2.35. The van der Waals surface area contributed by atoms with E-state index < -0.39 is 0 Å². The van der Waals surface area contributed by atoms with Crippen LogP contribution in [0.15, 0.2) is 47.3 Å². The molecule has 1 fully saturated rings. The van der Waals surface area contributed by atoms with Crippen molar-refractivity contribution in [1.29, 1.82) is 0 Å². The fraction of sp³-hybridized carbons (Fsp3) is 0.375. The zero-order valence-electron chi connectivity index (χ0n) is 18.2. The first-order valence-corrected chi connectivity index (χ1v) is 11.1. The number of carbonyl (C=O) groups is 1. The fourth-order valence-electron chi connectivity index (χ4n) is 4.31. The second-order valence-corrected chi connectivity index (χ2v) is 8.51. The van der Waals surface area contributed by atoms with Crippen LogP contribution < -0.4 is 10.5 Å². The van der Waals surface area contributed by atoms with E-state index in [4.69, 9.17) is 0 Å². The highest BCUT2D eigenvalue weighted by atomic mass is 16.2. The Balaban J connectivity index is 1.26. The van der Waals surface area contributed by atoms with Crippen LogP contribution in [0, 0.1) is 6.92 Å². The third-order valence-corrected chi connectivity index (χ3v) is 6.24. The molecule has 8 nitrogen and oxygen atoms in total. The van der Waals surface area contributed by atoms with Gasteiger partial charge in [0.25, 0.3) is 11.5 Å². The van der Waals surface area contributed by atoms with Crippen LogP contribution in [0.5, 0.6) is 0 Å². The number of rotatable bonds is 4. The van der Waals surface area contributed by atoms with Crippen molar-refractivity contribution < 1.29 is 4.79 Å². The van der Waals surface area contributed by atoms with Gasteiger partial charge in [0.05, 0.1) is 12.2 Å². The molecule has 3 heterocycles. The van der Waals surface area contributed by atoms with Gasteiger partial charge in [-0.3, -0.25) is 9.59 Å². The van der Waals surface area contributed by atoms with E-state index >= 15 is 0 Å². The molecular formula is C24H26N6O2. The van der Waals surface area contributed by atoms with Gasteiger partial charge < -0.3 is 9.80 Å².